The topological polar surface area (TPSA) is 36.9 Å². The minimum absolute atomic E-state index is 0.0544. The van der Waals surface area contributed by atoms with Crippen molar-refractivity contribution >= 4 is 5.96 Å². The summed E-state index contributed by atoms with van der Waals surface area (Å²) in [6, 6.07) is 5.12. The summed E-state index contributed by atoms with van der Waals surface area (Å²) in [5, 5.41) is 3.38. The number of methoxy groups -OCH3 is 1. The highest BCUT2D eigenvalue weighted by Gasteiger charge is 2.53. The lowest BCUT2D eigenvalue weighted by molar-refractivity contribution is -0.0667. The number of benzene rings is 1. The Morgan fingerprint density at radius 1 is 1.35 bits per heavy atom. The van der Waals surface area contributed by atoms with Crippen LogP contribution in [0.2, 0.25) is 0 Å². The largest absolute Gasteiger partial charge is 0.380 e. The molecule has 1 aliphatic heterocycles. The Kier molecular flexibility index (Phi) is 4.99. The van der Waals surface area contributed by atoms with Crippen LogP contribution in [-0.2, 0) is 17.9 Å². The van der Waals surface area contributed by atoms with Crippen molar-refractivity contribution in [3.8, 4) is 0 Å². The number of hydrogen-bond acceptors (Lipinski definition) is 2. The number of nitrogens with one attached hydrogen (secondary N) is 1. The molecule has 1 fully saturated rings. The van der Waals surface area contributed by atoms with Gasteiger partial charge in [-0.1, -0.05) is 19.9 Å². The van der Waals surface area contributed by atoms with Gasteiger partial charge in [0.1, 0.15) is 5.82 Å². The van der Waals surface area contributed by atoms with Gasteiger partial charge < -0.3 is 15.0 Å². The van der Waals surface area contributed by atoms with Crippen molar-refractivity contribution in [2.45, 2.75) is 46.4 Å². The molecule has 1 aromatic carbocycles. The van der Waals surface area contributed by atoms with E-state index in [0.717, 1.165) is 18.1 Å². The van der Waals surface area contributed by atoms with E-state index in [4.69, 9.17) is 4.74 Å². The van der Waals surface area contributed by atoms with E-state index >= 15 is 0 Å². The number of aliphatic imine (C=N–C) groups is 1. The first-order chi connectivity index (χ1) is 10.7. The van der Waals surface area contributed by atoms with Crippen LogP contribution in [0.4, 0.5) is 4.39 Å². The fraction of sp³-hybridized carbons (Fsp3) is 0.611. The van der Waals surface area contributed by atoms with E-state index in [-0.39, 0.29) is 23.4 Å². The average Bonchev–Trinajstić information content (AvgIpc) is 2.50. The molecule has 0 saturated carbocycles. The minimum atomic E-state index is -0.231. The zero-order valence-corrected chi connectivity index (χ0v) is 15.0. The lowest BCUT2D eigenvalue weighted by atomic mass is 9.65. The van der Waals surface area contributed by atoms with Crippen LogP contribution in [0, 0.1) is 11.2 Å². The third-order valence-electron chi connectivity index (χ3n) is 5.21. The molecule has 5 heteroatoms. The molecule has 1 heterocycles. The molecule has 0 aromatic heterocycles. The van der Waals surface area contributed by atoms with E-state index in [1.165, 1.54) is 6.07 Å². The quantitative estimate of drug-likeness (QED) is 0.683. The van der Waals surface area contributed by atoms with Crippen molar-refractivity contribution in [3.63, 3.8) is 0 Å². The van der Waals surface area contributed by atoms with Gasteiger partial charge in [-0.2, -0.15) is 0 Å². The second-order valence-electron chi connectivity index (χ2n) is 7.29. The van der Waals surface area contributed by atoms with Gasteiger partial charge in [0.2, 0.25) is 0 Å². The van der Waals surface area contributed by atoms with E-state index in [1.807, 2.05) is 6.07 Å². The Morgan fingerprint density at radius 2 is 2.04 bits per heavy atom. The number of nitrogens with zero attached hydrogens (tertiary/aromatic N) is 2. The molecule has 0 aliphatic carbocycles. The third kappa shape index (κ3) is 3.34. The number of rotatable bonds is 4. The van der Waals surface area contributed by atoms with Gasteiger partial charge in [0.25, 0.3) is 0 Å². The van der Waals surface area contributed by atoms with E-state index in [0.29, 0.717) is 12.1 Å². The smallest absolute Gasteiger partial charge is 0.194 e. The average molecular weight is 321 g/mol. The van der Waals surface area contributed by atoms with Crippen molar-refractivity contribution in [1.29, 1.82) is 0 Å². The zero-order chi connectivity index (χ0) is 17.3. The first-order valence-corrected chi connectivity index (χ1v) is 7.97. The number of halogens is 1. The fourth-order valence-electron chi connectivity index (χ4n) is 2.88. The lowest BCUT2D eigenvalue weighted by Gasteiger charge is -2.62. The highest BCUT2D eigenvalue weighted by Crippen LogP contribution is 2.46. The molecule has 1 saturated heterocycles. The number of likely N-dealkylation sites (tertiary alicyclic amines) is 1. The van der Waals surface area contributed by atoms with Gasteiger partial charge in [-0.05, 0) is 31.5 Å². The Bertz CT molecular complexity index is 596. The van der Waals surface area contributed by atoms with Crippen LogP contribution in [0.1, 0.15) is 38.8 Å². The maximum absolute atomic E-state index is 13.7. The molecule has 0 bridgehead atoms. The van der Waals surface area contributed by atoms with Gasteiger partial charge in [-0.25, -0.2) is 4.39 Å². The van der Waals surface area contributed by atoms with Crippen molar-refractivity contribution in [2.24, 2.45) is 10.4 Å². The molecule has 128 valence electrons. The Morgan fingerprint density at radius 3 is 2.57 bits per heavy atom. The highest BCUT2D eigenvalue weighted by atomic mass is 19.1. The standard InChI is InChI=1S/C18H28FN3O/c1-17(2)12-22(18(17,3)4)16(20-5)21-10-13-7-8-15(19)14(9-13)11-23-6/h7-9H,10-12H2,1-6H3,(H,20,21). The molecule has 1 aromatic rings. The van der Waals surface area contributed by atoms with Crippen LogP contribution < -0.4 is 5.32 Å². The second kappa shape index (κ2) is 6.48. The van der Waals surface area contributed by atoms with Crippen LogP contribution in [-0.4, -0.2) is 37.1 Å². The summed E-state index contributed by atoms with van der Waals surface area (Å²) in [6.07, 6.45) is 0. The van der Waals surface area contributed by atoms with Gasteiger partial charge in [0, 0.05) is 43.8 Å². The first-order valence-electron chi connectivity index (χ1n) is 7.97. The maximum Gasteiger partial charge on any atom is 0.194 e. The van der Waals surface area contributed by atoms with Gasteiger partial charge in [0.05, 0.1) is 6.61 Å². The molecule has 4 nitrogen and oxygen atoms in total. The maximum atomic E-state index is 13.7. The molecular weight excluding hydrogens is 293 g/mol. The number of ether oxygens (including phenoxy) is 1. The molecule has 1 N–H and O–H groups in total. The van der Waals surface area contributed by atoms with Crippen LogP contribution >= 0.6 is 0 Å². The molecular formula is C18H28FN3O. The van der Waals surface area contributed by atoms with E-state index < -0.39 is 0 Å². The van der Waals surface area contributed by atoms with Crippen LogP contribution in [0.15, 0.2) is 23.2 Å². The molecule has 0 spiro atoms. The lowest BCUT2D eigenvalue weighted by Crippen LogP contribution is -2.72. The van der Waals surface area contributed by atoms with E-state index in [1.54, 1.807) is 20.2 Å². The summed E-state index contributed by atoms with van der Waals surface area (Å²) < 4.78 is 18.7. The third-order valence-corrected chi connectivity index (χ3v) is 5.21. The summed E-state index contributed by atoms with van der Waals surface area (Å²) in [7, 11) is 3.37. The van der Waals surface area contributed by atoms with E-state index in [2.05, 4.69) is 42.9 Å². The van der Waals surface area contributed by atoms with E-state index in [9.17, 15) is 4.39 Å². The Labute approximate surface area is 138 Å². The second-order valence-corrected chi connectivity index (χ2v) is 7.29. The first kappa shape index (κ1) is 17.7. The predicted molar refractivity (Wildman–Crippen MR) is 91.9 cm³/mol. The Hall–Kier alpha value is -1.62. The summed E-state index contributed by atoms with van der Waals surface area (Å²) in [5.41, 5.74) is 1.90. The van der Waals surface area contributed by atoms with Crippen LogP contribution in [0.25, 0.3) is 0 Å². The van der Waals surface area contributed by atoms with Crippen LogP contribution in [0.3, 0.4) is 0 Å². The molecule has 0 unspecified atom stereocenters. The summed E-state index contributed by atoms with van der Waals surface area (Å²) in [6.45, 7) is 10.9. The Balaban J connectivity index is 2.04. The molecule has 2 rings (SSSR count). The van der Waals surface area contributed by atoms with Crippen molar-refractivity contribution in [1.82, 2.24) is 10.2 Å². The molecule has 0 atom stereocenters. The van der Waals surface area contributed by atoms with Gasteiger partial charge >= 0.3 is 0 Å². The molecule has 1 aliphatic rings. The highest BCUT2D eigenvalue weighted by molar-refractivity contribution is 5.82. The van der Waals surface area contributed by atoms with Crippen molar-refractivity contribution in [3.05, 3.63) is 35.1 Å². The monoisotopic (exact) mass is 321 g/mol. The van der Waals surface area contributed by atoms with Gasteiger partial charge in [0.15, 0.2) is 5.96 Å². The van der Waals surface area contributed by atoms with Crippen molar-refractivity contribution in [2.75, 3.05) is 20.7 Å². The zero-order valence-electron chi connectivity index (χ0n) is 15.0. The number of hydrogen-bond donors (Lipinski definition) is 1. The minimum Gasteiger partial charge on any atom is -0.380 e. The molecule has 23 heavy (non-hydrogen) atoms. The molecule has 0 radical (unpaired) electrons. The van der Waals surface area contributed by atoms with Crippen molar-refractivity contribution < 1.29 is 9.13 Å². The molecule has 0 amide bonds. The number of guanidine groups is 1. The summed E-state index contributed by atoms with van der Waals surface area (Å²) in [4.78, 5) is 6.68. The predicted octanol–water partition coefficient (Wildman–Crippen LogP) is 3.17. The SMILES string of the molecule is CN=C(NCc1ccc(F)c(COC)c1)N1CC(C)(C)C1(C)C. The van der Waals surface area contributed by atoms with Gasteiger partial charge in [-0.3, -0.25) is 4.99 Å². The summed E-state index contributed by atoms with van der Waals surface area (Å²) >= 11 is 0. The summed E-state index contributed by atoms with van der Waals surface area (Å²) in [5.74, 6) is 0.651. The normalized spacial score (nSPS) is 19.4. The fourth-order valence-corrected chi connectivity index (χ4v) is 2.88. The van der Waals surface area contributed by atoms with Gasteiger partial charge in [-0.15, -0.1) is 0 Å². The van der Waals surface area contributed by atoms with Crippen LogP contribution in [0.5, 0.6) is 0 Å².